The third-order valence-electron chi connectivity index (χ3n) is 4.88. The number of aromatic amines is 1. The van der Waals surface area contributed by atoms with E-state index >= 15 is 0 Å². The molecule has 1 aromatic carbocycles. The van der Waals surface area contributed by atoms with Crippen LogP contribution in [0.5, 0.6) is 0 Å². The monoisotopic (exact) mass is 375 g/mol. The lowest BCUT2D eigenvalue weighted by molar-refractivity contribution is 0.0996. The minimum Gasteiger partial charge on any atom is -0.364 e. The van der Waals surface area contributed by atoms with E-state index in [1.807, 2.05) is 11.8 Å². The van der Waals surface area contributed by atoms with Gasteiger partial charge >= 0.3 is 0 Å². The van der Waals surface area contributed by atoms with Crippen molar-refractivity contribution in [2.45, 2.75) is 32.2 Å². The molecule has 1 aliphatic rings. The van der Waals surface area contributed by atoms with Crippen molar-refractivity contribution in [3.05, 3.63) is 44.8 Å². The molecule has 1 fully saturated rings. The first-order chi connectivity index (χ1) is 12.2. The quantitative estimate of drug-likeness (QED) is 0.756. The number of amides is 1. The molecule has 3 rings (SSSR count). The number of anilines is 1. The highest BCUT2D eigenvalue weighted by Crippen LogP contribution is 2.29. The number of nitrogens with two attached hydrogens (primary N) is 2. The van der Waals surface area contributed by atoms with E-state index in [4.69, 9.17) is 23.1 Å². The summed E-state index contributed by atoms with van der Waals surface area (Å²) in [5.41, 5.74) is 12.3. The first-order valence-corrected chi connectivity index (χ1v) is 8.81. The molecule has 2 aromatic rings. The highest BCUT2D eigenvalue weighted by molar-refractivity contribution is 6.31. The molecule has 1 amide bonds. The van der Waals surface area contributed by atoms with Crippen molar-refractivity contribution in [1.29, 1.82) is 0 Å². The van der Waals surface area contributed by atoms with Crippen LogP contribution in [-0.2, 0) is 0 Å². The first kappa shape index (κ1) is 18.4. The zero-order valence-corrected chi connectivity index (χ0v) is 15.6. The first-order valence-electron chi connectivity index (χ1n) is 8.43. The van der Waals surface area contributed by atoms with Crippen LogP contribution in [0.15, 0.2) is 23.0 Å². The number of hydrogen-bond acceptors (Lipinski definition) is 5. The maximum Gasteiger partial charge on any atom is 0.268 e. The zero-order valence-electron chi connectivity index (χ0n) is 14.8. The molecule has 0 saturated carbocycles. The Morgan fingerprint density at radius 1 is 1.35 bits per heavy atom. The molecule has 8 heteroatoms. The fourth-order valence-corrected chi connectivity index (χ4v) is 3.32. The van der Waals surface area contributed by atoms with Gasteiger partial charge in [-0.3, -0.25) is 14.6 Å². The lowest BCUT2D eigenvalue weighted by atomic mass is 9.91. The largest absolute Gasteiger partial charge is 0.364 e. The van der Waals surface area contributed by atoms with E-state index in [-0.39, 0.29) is 16.8 Å². The summed E-state index contributed by atoms with van der Waals surface area (Å²) in [5.74, 6) is -0.421. The summed E-state index contributed by atoms with van der Waals surface area (Å²) in [6.45, 7) is 5.07. The van der Waals surface area contributed by atoms with Crippen molar-refractivity contribution in [2.75, 3.05) is 18.0 Å². The molecule has 0 atom stereocenters. The van der Waals surface area contributed by atoms with Crippen molar-refractivity contribution in [2.24, 2.45) is 11.5 Å². The van der Waals surface area contributed by atoms with Crippen LogP contribution in [0.1, 0.15) is 35.8 Å². The van der Waals surface area contributed by atoms with Crippen molar-refractivity contribution in [3.63, 3.8) is 0 Å². The van der Waals surface area contributed by atoms with E-state index in [0.717, 1.165) is 12.8 Å². The van der Waals surface area contributed by atoms with Crippen molar-refractivity contribution >= 4 is 23.5 Å². The third kappa shape index (κ3) is 3.45. The van der Waals surface area contributed by atoms with E-state index in [2.05, 4.69) is 9.97 Å². The fourth-order valence-electron chi connectivity index (χ4n) is 3.15. The molecule has 0 bridgehead atoms. The Labute approximate surface area is 156 Å². The molecule has 5 N–H and O–H groups in total. The number of primary amides is 1. The summed E-state index contributed by atoms with van der Waals surface area (Å²) >= 11 is 6.16. The Balaban J connectivity index is 2.10. The van der Waals surface area contributed by atoms with E-state index in [9.17, 15) is 9.59 Å². The molecular weight excluding hydrogens is 354 g/mol. The Morgan fingerprint density at radius 3 is 2.62 bits per heavy atom. The SMILES string of the molecule is Cc1c(Cl)cccc1-c1c(C(N)=O)nc(N2CCC(C)(N)CC2)[nH]c1=O. The predicted octanol–water partition coefficient (Wildman–Crippen LogP) is 1.82. The maximum absolute atomic E-state index is 12.8. The number of nitrogens with one attached hydrogen (secondary N) is 1. The third-order valence-corrected chi connectivity index (χ3v) is 5.29. The average molecular weight is 376 g/mol. The normalized spacial score (nSPS) is 16.5. The van der Waals surface area contributed by atoms with Crippen molar-refractivity contribution in [3.8, 4) is 11.1 Å². The number of H-pyrrole nitrogens is 1. The maximum atomic E-state index is 12.8. The van der Waals surface area contributed by atoms with Crippen molar-refractivity contribution in [1.82, 2.24) is 9.97 Å². The average Bonchev–Trinajstić information content (AvgIpc) is 2.57. The molecule has 0 radical (unpaired) electrons. The molecule has 0 aliphatic carbocycles. The Morgan fingerprint density at radius 2 is 2.00 bits per heavy atom. The van der Waals surface area contributed by atoms with Gasteiger partial charge in [0.2, 0.25) is 5.95 Å². The van der Waals surface area contributed by atoms with Gasteiger partial charge in [-0.1, -0.05) is 23.7 Å². The highest BCUT2D eigenvalue weighted by atomic mass is 35.5. The van der Waals surface area contributed by atoms with Gasteiger partial charge in [0.05, 0.1) is 5.56 Å². The van der Waals surface area contributed by atoms with Gasteiger partial charge in [0.15, 0.2) is 0 Å². The fraction of sp³-hybridized carbons (Fsp3) is 0.389. The minimum absolute atomic E-state index is 0.0600. The van der Waals surface area contributed by atoms with Gasteiger partial charge in [0, 0.05) is 23.7 Å². The van der Waals surface area contributed by atoms with Crippen LogP contribution >= 0.6 is 11.6 Å². The Hall–Kier alpha value is -2.38. The molecule has 138 valence electrons. The number of hydrogen-bond donors (Lipinski definition) is 3. The second-order valence-corrected chi connectivity index (χ2v) is 7.44. The highest BCUT2D eigenvalue weighted by Gasteiger charge is 2.28. The molecule has 0 unspecified atom stereocenters. The molecule has 0 spiro atoms. The number of aromatic nitrogens is 2. The number of nitrogens with zero attached hydrogens (tertiary/aromatic N) is 2. The van der Waals surface area contributed by atoms with E-state index < -0.39 is 11.5 Å². The number of benzene rings is 1. The molecule has 1 aliphatic heterocycles. The van der Waals surface area contributed by atoms with E-state index in [0.29, 0.717) is 35.2 Å². The number of carbonyl (C=O) groups excluding carboxylic acids is 1. The summed E-state index contributed by atoms with van der Waals surface area (Å²) in [7, 11) is 0. The van der Waals surface area contributed by atoms with Crippen LogP contribution in [0, 0.1) is 6.92 Å². The smallest absolute Gasteiger partial charge is 0.268 e. The molecule has 26 heavy (non-hydrogen) atoms. The topological polar surface area (TPSA) is 118 Å². The minimum atomic E-state index is -0.757. The van der Waals surface area contributed by atoms with Gasteiger partial charge in [0.25, 0.3) is 11.5 Å². The second kappa shape index (κ2) is 6.74. The number of piperidine rings is 1. The van der Waals surface area contributed by atoms with Gasteiger partial charge in [0.1, 0.15) is 5.69 Å². The Kier molecular flexibility index (Phi) is 4.77. The molecule has 1 saturated heterocycles. The molecule has 1 aromatic heterocycles. The van der Waals surface area contributed by atoms with Gasteiger partial charge in [-0.05, 0) is 43.9 Å². The van der Waals surface area contributed by atoms with Crippen LogP contribution in [0.2, 0.25) is 5.02 Å². The van der Waals surface area contributed by atoms with Crippen molar-refractivity contribution < 1.29 is 4.79 Å². The molecule has 7 nitrogen and oxygen atoms in total. The van der Waals surface area contributed by atoms with Crippen LogP contribution in [0.4, 0.5) is 5.95 Å². The summed E-state index contributed by atoms with van der Waals surface area (Å²) < 4.78 is 0. The summed E-state index contributed by atoms with van der Waals surface area (Å²) in [6.07, 6.45) is 1.52. The van der Waals surface area contributed by atoms with Gasteiger partial charge in [-0.25, -0.2) is 4.98 Å². The number of halogens is 1. The predicted molar refractivity (Wildman–Crippen MR) is 103 cm³/mol. The van der Waals surface area contributed by atoms with Crippen LogP contribution in [0.25, 0.3) is 11.1 Å². The van der Waals surface area contributed by atoms with Crippen LogP contribution in [0.3, 0.4) is 0 Å². The summed E-state index contributed by atoms with van der Waals surface area (Å²) in [5, 5.41) is 0.500. The molecular formula is C18H22ClN5O2. The zero-order chi connectivity index (χ0) is 19.1. The van der Waals surface area contributed by atoms with E-state index in [1.165, 1.54) is 0 Å². The summed E-state index contributed by atoms with van der Waals surface area (Å²) in [4.78, 5) is 33.9. The van der Waals surface area contributed by atoms with Crippen LogP contribution in [-0.4, -0.2) is 34.5 Å². The van der Waals surface area contributed by atoms with Crippen LogP contribution < -0.4 is 21.9 Å². The van der Waals surface area contributed by atoms with Gasteiger partial charge in [-0.15, -0.1) is 0 Å². The Bertz CT molecular complexity index is 912. The standard InChI is InChI=1S/C18H22ClN5O2/c1-10-11(4-3-5-12(10)19)13-14(15(20)25)22-17(23-16(13)26)24-8-6-18(2,21)7-9-24/h3-5H,6-9,21H2,1-2H3,(H2,20,25)(H,22,23,26). The van der Waals surface area contributed by atoms with Gasteiger partial charge < -0.3 is 16.4 Å². The lowest BCUT2D eigenvalue weighted by Gasteiger charge is -2.37. The number of carbonyl (C=O) groups is 1. The molecule has 2 heterocycles. The summed E-state index contributed by atoms with van der Waals surface area (Å²) in [6, 6.07) is 5.16. The second-order valence-electron chi connectivity index (χ2n) is 7.03. The van der Waals surface area contributed by atoms with E-state index in [1.54, 1.807) is 25.1 Å². The lowest BCUT2D eigenvalue weighted by Crippen LogP contribution is -2.49. The number of rotatable bonds is 3. The van der Waals surface area contributed by atoms with Gasteiger partial charge in [-0.2, -0.15) is 0 Å².